The van der Waals surface area contributed by atoms with Crippen LogP contribution < -0.4 is 11.1 Å². The first kappa shape index (κ1) is 12.1. The maximum atomic E-state index is 5.80. The van der Waals surface area contributed by atoms with Crippen LogP contribution in [0.2, 0.25) is 0 Å². The Morgan fingerprint density at radius 2 is 1.80 bits per heavy atom. The van der Waals surface area contributed by atoms with E-state index in [4.69, 9.17) is 5.73 Å². The van der Waals surface area contributed by atoms with Gasteiger partial charge in [-0.05, 0) is 17.8 Å². The molecule has 1 fully saturated rings. The van der Waals surface area contributed by atoms with Crippen LogP contribution in [0.15, 0.2) is 17.1 Å². The molecule has 0 spiro atoms. The maximum Gasteiger partial charge on any atom is 0.189 e. The zero-order valence-corrected chi connectivity index (χ0v) is 10.5. The van der Waals surface area contributed by atoms with Crippen molar-refractivity contribution in [3.63, 3.8) is 0 Å². The highest BCUT2D eigenvalue weighted by molar-refractivity contribution is 5.79. The topological polar surface area (TPSA) is 50.4 Å². The number of rotatable bonds is 3. The second-order valence-corrected chi connectivity index (χ2v) is 5.68. The van der Waals surface area contributed by atoms with Crippen molar-refractivity contribution >= 4 is 5.96 Å². The molecule has 0 heterocycles. The van der Waals surface area contributed by atoms with Gasteiger partial charge in [0, 0.05) is 6.04 Å². The van der Waals surface area contributed by atoms with E-state index in [1.807, 2.05) is 6.92 Å². The fraction of sp³-hybridized carbons (Fsp3) is 0.750. The zero-order chi connectivity index (χ0) is 11.9. The molecular weight excluding hydrogens is 186 g/mol. The van der Waals surface area contributed by atoms with Gasteiger partial charge in [0.1, 0.15) is 0 Å². The Balaban J connectivity index is 2.52. The van der Waals surface area contributed by atoms with Gasteiger partial charge in [-0.1, -0.05) is 39.8 Å². The lowest BCUT2D eigenvalue weighted by Gasteiger charge is -2.07. The molecule has 3 N–H and O–H groups in total. The highest BCUT2D eigenvalue weighted by Gasteiger charge is 2.65. The fourth-order valence-electron chi connectivity index (χ4n) is 1.97. The number of nitrogens with zero attached hydrogens (tertiary/aromatic N) is 1. The third-order valence-electron chi connectivity index (χ3n) is 3.83. The van der Waals surface area contributed by atoms with Crippen LogP contribution in [0.4, 0.5) is 0 Å². The molecule has 15 heavy (non-hydrogen) atoms. The minimum absolute atomic E-state index is 0.288. The third kappa shape index (κ3) is 2.16. The van der Waals surface area contributed by atoms with Crippen LogP contribution in [0.1, 0.15) is 34.6 Å². The summed E-state index contributed by atoms with van der Waals surface area (Å²) >= 11 is 0. The lowest BCUT2D eigenvalue weighted by atomic mass is 10.0. The summed E-state index contributed by atoms with van der Waals surface area (Å²) in [5.74, 6) is 0.529. The van der Waals surface area contributed by atoms with E-state index >= 15 is 0 Å². The van der Waals surface area contributed by atoms with E-state index in [1.54, 1.807) is 0 Å². The molecule has 0 unspecified atom stereocenters. The van der Waals surface area contributed by atoms with Crippen molar-refractivity contribution in [2.45, 2.75) is 40.7 Å². The van der Waals surface area contributed by atoms with Crippen LogP contribution in [0.25, 0.3) is 0 Å². The number of guanidine groups is 1. The largest absolute Gasteiger partial charge is 0.370 e. The zero-order valence-electron chi connectivity index (χ0n) is 10.5. The Bertz CT molecular complexity index is 286. The number of hydrogen-bond donors (Lipinski definition) is 2. The number of hydrogen-bond acceptors (Lipinski definition) is 1. The minimum Gasteiger partial charge on any atom is -0.370 e. The predicted molar refractivity (Wildman–Crippen MR) is 65.8 cm³/mol. The monoisotopic (exact) mass is 209 g/mol. The molecule has 0 aromatic rings. The van der Waals surface area contributed by atoms with E-state index in [1.165, 1.54) is 0 Å². The first-order valence-corrected chi connectivity index (χ1v) is 5.40. The summed E-state index contributed by atoms with van der Waals surface area (Å²) in [5, 5.41) is 3.28. The molecule has 0 amide bonds. The van der Waals surface area contributed by atoms with Gasteiger partial charge in [0.15, 0.2) is 5.96 Å². The Kier molecular flexibility index (Phi) is 2.85. The van der Waals surface area contributed by atoms with Gasteiger partial charge in [-0.2, -0.15) is 0 Å². The summed E-state index contributed by atoms with van der Waals surface area (Å²) in [7, 11) is 0. The van der Waals surface area contributed by atoms with Crippen LogP contribution in [0.5, 0.6) is 0 Å². The average Bonchev–Trinajstić information content (AvgIpc) is 2.44. The van der Waals surface area contributed by atoms with Gasteiger partial charge in [0.2, 0.25) is 0 Å². The van der Waals surface area contributed by atoms with Gasteiger partial charge in [-0.3, -0.25) is 0 Å². The van der Waals surface area contributed by atoms with Crippen molar-refractivity contribution in [2.75, 3.05) is 6.54 Å². The molecule has 0 atom stereocenters. The van der Waals surface area contributed by atoms with Crippen LogP contribution in [-0.4, -0.2) is 18.5 Å². The molecule has 3 heteroatoms. The lowest BCUT2D eigenvalue weighted by molar-refractivity contribution is 0.457. The van der Waals surface area contributed by atoms with Crippen molar-refractivity contribution in [3.8, 4) is 0 Å². The third-order valence-corrected chi connectivity index (χ3v) is 3.83. The Labute approximate surface area is 92.8 Å². The van der Waals surface area contributed by atoms with E-state index < -0.39 is 0 Å². The number of aliphatic imine (C=N–C) groups is 1. The molecule has 0 bridgehead atoms. The molecule has 1 rings (SSSR count). The van der Waals surface area contributed by atoms with Crippen LogP contribution in [0, 0.1) is 10.8 Å². The summed E-state index contributed by atoms with van der Waals surface area (Å²) in [6.45, 7) is 15.3. The maximum absolute atomic E-state index is 5.80. The van der Waals surface area contributed by atoms with Crippen LogP contribution in [-0.2, 0) is 0 Å². The molecule has 0 aliphatic heterocycles. The summed E-state index contributed by atoms with van der Waals surface area (Å²) < 4.78 is 0. The van der Waals surface area contributed by atoms with Gasteiger partial charge >= 0.3 is 0 Å². The SMILES string of the molecule is C=C(C)CN=C(N)NC1C(C)(C)C1(C)C. The molecule has 0 saturated heterocycles. The minimum atomic E-state index is 0.288. The Morgan fingerprint density at radius 1 is 1.33 bits per heavy atom. The summed E-state index contributed by atoms with van der Waals surface area (Å²) in [6, 6.07) is 0.416. The van der Waals surface area contributed by atoms with Crippen molar-refractivity contribution in [2.24, 2.45) is 21.6 Å². The van der Waals surface area contributed by atoms with Crippen LogP contribution >= 0.6 is 0 Å². The molecule has 0 aromatic heterocycles. The predicted octanol–water partition coefficient (Wildman–Crippen LogP) is 1.90. The second-order valence-electron chi connectivity index (χ2n) is 5.68. The van der Waals surface area contributed by atoms with Crippen molar-refractivity contribution in [1.29, 1.82) is 0 Å². The quantitative estimate of drug-likeness (QED) is 0.424. The van der Waals surface area contributed by atoms with Gasteiger partial charge in [-0.25, -0.2) is 4.99 Å². The van der Waals surface area contributed by atoms with E-state index in [2.05, 4.69) is 44.6 Å². The molecule has 1 aliphatic carbocycles. The number of nitrogens with one attached hydrogen (secondary N) is 1. The average molecular weight is 209 g/mol. The molecule has 0 radical (unpaired) electrons. The highest BCUT2D eigenvalue weighted by atomic mass is 15.2. The van der Waals surface area contributed by atoms with E-state index in [0.717, 1.165) is 5.57 Å². The first-order chi connectivity index (χ1) is 6.69. The molecular formula is C12H23N3. The lowest BCUT2D eigenvalue weighted by Crippen LogP contribution is -2.36. The number of nitrogens with two attached hydrogens (primary N) is 1. The van der Waals surface area contributed by atoms with E-state index in [9.17, 15) is 0 Å². The molecule has 1 saturated carbocycles. The highest BCUT2D eigenvalue weighted by Crippen LogP contribution is 2.62. The van der Waals surface area contributed by atoms with Gasteiger partial charge in [-0.15, -0.1) is 0 Å². The summed E-state index contributed by atoms with van der Waals surface area (Å²) in [4.78, 5) is 4.22. The molecule has 0 aromatic carbocycles. The van der Waals surface area contributed by atoms with Crippen LogP contribution in [0.3, 0.4) is 0 Å². The van der Waals surface area contributed by atoms with E-state index in [-0.39, 0.29) is 10.8 Å². The van der Waals surface area contributed by atoms with Crippen molar-refractivity contribution in [3.05, 3.63) is 12.2 Å². The first-order valence-electron chi connectivity index (χ1n) is 5.40. The van der Waals surface area contributed by atoms with Gasteiger partial charge in [0.05, 0.1) is 6.54 Å². The smallest absolute Gasteiger partial charge is 0.189 e. The standard InChI is InChI=1S/C12H23N3/c1-8(2)7-14-10(13)15-9-11(3,4)12(9,5)6/h9H,1,7H2,2-6H3,(H3,13,14,15). The normalized spacial score (nSPS) is 23.7. The second kappa shape index (κ2) is 3.54. The Hall–Kier alpha value is -0.990. The van der Waals surface area contributed by atoms with Gasteiger partial charge in [0.25, 0.3) is 0 Å². The van der Waals surface area contributed by atoms with Crippen molar-refractivity contribution < 1.29 is 0 Å². The fourth-order valence-corrected chi connectivity index (χ4v) is 1.97. The van der Waals surface area contributed by atoms with Gasteiger partial charge < -0.3 is 11.1 Å². The molecule has 1 aliphatic rings. The Morgan fingerprint density at radius 3 is 2.13 bits per heavy atom. The summed E-state index contributed by atoms with van der Waals surface area (Å²) in [6.07, 6.45) is 0. The summed E-state index contributed by atoms with van der Waals surface area (Å²) in [5.41, 5.74) is 7.40. The van der Waals surface area contributed by atoms with Crippen molar-refractivity contribution in [1.82, 2.24) is 5.32 Å². The van der Waals surface area contributed by atoms with E-state index in [0.29, 0.717) is 18.5 Å². The molecule has 86 valence electrons. The molecule has 3 nitrogen and oxygen atoms in total.